The van der Waals surface area contributed by atoms with Crippen LogP contribution in [-0.2, 0) is 6.42 Å². The molecule has 1 N–H and O–H groups in total. The molecule has 6 aromatic rings. The first kappa shape index (κ1) is 20.3. The highest BCUT2D eigenvalue weighted by Crippen LogP contribution is 2.27. The number of rotatable bonds is 6. The first-order valence-electron chi connectivity index (χ1n) is 10.8. The predicted octanol–water partition coefficient (Wildman–Crippen LogP) is 5.51. The number of benzene rings is 3. The van der Waals surface area contributed by atoms with Crippen molar-refractivity contribution in [3.63, 3.8) is 0 Å². The van der Waals surface area contributed by atoms with Gasteiger partial charge in [-0.15, -0.1) is 10.2 Å². The Morgan fingerprint density at radius 3 is 2.35 bits per heavy atom. The van der Waals surface area contributed by atoms with Crippen LogP contribution in [0.3, 0.4) is 0 Å². The van der Waals surface area contributed by atoms with E-state index in [-0.39, 0.29) is 0 Å². The minimum absolute atomic E-state index is 0.643. The summed E-state index contributed by atoms with van der Waals surface area (Å²) in [4.78, 5) is 0.756. The van der Waals surface area contributed by atoms with E-state index in [0.717, 1.165) is 39.1 Å². The SMILES string of the molecule is COc1ccc(-c2cc(-c3nnc4sc(Cc5ccc(-c6ccccc6)cc5)nn34)[nH]n2)cc1. The summed E-state index contributed by atoms with van der Waals surface area (Å²) in [6, 6.07) is 28.7. The summed E-state index contributed by atoms with van der Waals surface area (Å²) in [5.74, 6) is 1.45. The number of aromatic nitrogens is 6. The van der Waals surface area contributed by atoms with Crippen LogP contribution in [0.25, 0.3) is 38.9 Å². The van der Waals surface area contributed by atoms with Gasteiger partial charge >= 0.3 is 0 Å². The second-order valence-electron chi connectivity index (χ2n) is 7.85. The van der Waals surface area contributed by atoms with E-state index in [1.807, 2.05) is 36.4 Å². The van der Waals surface area contributed by atoms with Crippen molar-refractivity contribution in [2.75, 3.05) is 7.11 Å². The second kappa shape index (κ2) is 8.57. The Hall–Kier alpha value is -4.30. The molecule has 0 aliphatic rings. The molecular formula is C26H20N6OS. The number of aromatic amines is 1. The summed E-state index contributed by atoms with van der Waals surface area (Å²) in [5.41, 5.74) is 6.20. The smallest absolute Gasteiger partial charge is 0.235 e. The van der Waals surface area contributed by atoms with Crippen molar-refractivity contribution >= 4 is 16.3 Å². The van der Waals surface area contributed by atoms with Crippen LogP contribution in [0.5, 0.6) is 5.75 Å². The number of methoxy groups -OCH3 is 1. The van der Waals surface area contributed by atoms with Crippen LogP contribution in [0.4, 0.5) is 0 Å². The molecule has 0 radical (unpaired) electrons. The molecule has 0 aliphatic heterocycles. The van der Waals surface area contributed by atoms with E-state index in [0.29, 0.717) is 5.82 Å². The van der Waals surface area contributed by atoms with Crippen LogP contribution in [-0.4, -0.2) is 37.1 Å². The Bertz CT molecular complexity index is 1550. The number of fused-ring (bicyclic) bond motifs is 1. The normalized spacial score (nSPS) is 11.2. The van der Waals surface area contributed by atoms with E-state index in [1.165, 1.54) is 16.7 Å². The molecule has 6 rings (SSSR count). The summed E-state index contributed by atoms with van der Waals surface area (Å²) < 4.78 is 7.01. The van der Waals surface area contributed by atoms with E-state index in [9.17, 15) is 0 Å². The summed E-state index contributed by atoms with van der Waals surface area (Å²) in [6.07, 6.45) is 0.739. The Labute approximate surface area is 199 Å². The molecule has 0 bridgehead atoms. The van der Waals surface area contributed by atoms with Gasteiger partial charge in [0.1, 0.15) is 16.5 Å². The van der Waals surface area contributed by atoms with Gasteiger partial charge in [0.2, 0.25) is 10.8 Å². The molecule has 166 valence electrons. The van der Waals surface area contributed by atoms with Crippen LogP contribution >= 0.6 is 11.3 Å². The maximum atomic E-state index is 5.23. The fourth-order valence-corrected chi connectivity index (χ4v) is 4.73. The van der Waals surface area contributed by atoms with Gasteiger partial charge in [0.25, 0.3) is 0 Å². The molecule has 3 heterocycles. The van der Waals surface area contributed by atoms with Crippen molar-refractivity contribution < 1.29 is 4.74 Å². The molecule has 0 atom stereocenters. The molecule has 7 nitrogen and oxygen atoms in total. The summed E-state index contributed by atoms with van der Waals surface area (Å²) in [7, 11) is 1.65. The number of ether oxygens (including phenoxy) is 1. The average Bonchev–Trinajstić information content (AvgIpc) is 3.61. The van der Waals surface area contributed by atoms with Gasteiger partial charge in [-0.3, -0.25) is 5.10 Å². The van der Waals surface area contributed by atoms with Gasteiger partial charge in [-0.2, -0.15) is 14.7 Å². The van der Waals surface area contributed by atoms with Crippen molar-refractivity contribution in [3.8, 4) is 39.7 Å². The van der Waals surface area contributed by atoms with E-state index in [1.54, 1.807) is 23.0 Å². The third-order valence-electron chi connectivity index (χ3n) is 5.65. The van der Waals surface area contributed by atoms with Crippen LogP contribution in [0.15, 0.2) is 84.9 Å². The van der Waals surface area contributed by atoms with Gasteiger partial charge in [-0.05, 0) is 47.0 Å². The zero-order chi connectivity index (χ0) is 22.9. The second-order valence-corrected chi connectivity index (χ2v) is 8.89. The van der Waals surface area contributed by atoms with Crippen molar-refractivity contribution in [2.24, 2.45) is 0 Å². The maximum Gasteiger partial charge on any atom is 0.235 e. The molecule has 0 unspecified atom stereocenters. The fourth-order valence-electron chi connectivity index (χ4n) is 3.86. The maximum absolute atomic E-state index is 5.23. The van der Waals surface area contributed by atoms with Crippen molar-refractivity contribution in [2.45, 2.75) is 6.42 Å². The van der Waals surface area contributed by atoms with Crippen LogP contribution < -0.4 is 4.74 Å². The molecule has 0 fully saturated rings. The standard InChI is InChI=1S/C26H20N6OS/c1-33-21-13-11-20(12-14-21)22-16-23(28-27-22)25-29-30-26-32(25)31-24(34-26)15-17-7-9-19(10-8-17)18-5-3-2-4-6-18/h2-14,16H,15H2,1H3,(H,27,28). The Kier molecular flexibility index (Phi) is 5.12. The number of nitrogens with one attached hydrogen (secondary N) is 1. The fraction of sp³-hybridized carbons (Fsp3) is 0.0769. The summed E-state index contributed by atoms with van der Waals surface area (Å²) in [5, 5.41) is 21.9. The van der Waals surface area contributed by atoms with Crippen molar-refractivity contribution in [1.82, 2.24) is 30.0 Å². The third kappa shape index (κ3) is 3.84. The zero-order valence-corrected chi connectivity index (χ0v) is 19.2. The molecule has 3 aromatic heterocycles. The molecule has 8 heteroatoms. The number of hydrogen-bond acceptors (Lipinski definition) is 6. The molecule has 0 saturated heterocycles. The first-order valence-corrected chi connectivity index (χ1v) is 11.6. The van der Waals surface area contributed by atoms with E-state index < -0.39 is 0 Å². The lowest BCUT2D eigenvalue weighted by molar-refractivity contribution is 0.415. The first-order chi connectivity index (χ1) is 16.8. The predicted molar refractivity (Wildman–Crippen MR) is 133 cm³/mol. The lowest BCUT2D eigenvalue weighted by Crippen LogP contribution is -1.94. The van der Waals surface area contributed by atoms with E-state index in [2.05, 4.69) is 68.9 Å². The third-order valence-corrected chi connectivity index (χ3v) is 6.55. The molecule has 3 aromatic carbocycles. The largest absolute Gasteiger partial charge is 0.497 e. The minimum atomic E-state index is 0.643. The average molecular weight is 465 g/mol. The van der Waals surface area contributed by atoms with E-state index >= 15 is 0 Å². The number of hydrogen-bond donors (Lipinski definition) is 1. The molecule has 0 aliphatic carbocycles. The van der Waals surface area contributed by atoms with Gasteiger partial charge < -0.3 is 4.74 Å². The van der Waals surface area contributed by atoms with Gasteiger partial charge in [-0.1, -0.05) is 65.9 Å². The molecule has 34 heavy (non-hydrogen) atoms. The van der Waals surface area contributed by atoms with Gasteiger partial charge in [0.15, 0.2) is 0 Å². The van der Waals surface area contributed by atoms with Gasteiger partial charge in [-0.25, -0.2) is 0 Å². The lowest BCUT2D eigenvalue weighted by Gasteiger charge is -2.03. The highest BCUT2D eigenvalue weighted by Gasteiger charge is 2.16. The Morgan fingerprint density at radius 2 is 1.59 bits per heavy atom. The van der Waals surface area contributed by atoms with E-state index in [4.69, 9.17) is 9.84 Å². The summed E-state index contributed by atoms with van der Waals surface area (Å²) >= 11 is 1.55. The lowest BCUT2D eigenvalue weighted by atomic mass is 10.0. The monoisotopic (exact) mass is 464 g/mol. The highest BCUT2D eigenvalue weighted by atomic mass is 32.1. The number of nitrogens with zero attached hydrogens (tertiary/aromatic N) is 5. The highest BCUT2D eigenvalue weighted by molar-refractivity contribution is 7.16. The molecule has 0 amide bonds. The Balaban J connectivity index is 1.23. The Morgan fingerprint density at radius 1 is 0.853 bits per heavy atom. The zero-order valence-electron chi connectivity index (χ0n) is 18.3. The summed E-state index contributed by atoms with van der Waals surface area (Å²) in [6.45, 7) is 0. The van der Waals surface area contributed by atoms with Crippen LogP contribution in [0.2, 0.25) is 0 Å². The molecule has 0 saturated carbocycles. The van der Waals surface area contributed by atoms with Gasteiger partial charge in [0, 0.05) is 12.0 Å². The minimum Gasteiger partial charge on any atom is -0.497 e. The number of H-pyrrole nitrogens is 1. The van der Waals surface area contributed by atoms with Crippen molar-refractivity contribution in [3.05, 3.63) is 95.5 Å². The quantitative estimate of drug-likeness (QED) is 0.352. The van der Waals surface area contributed by atoms with Crippen LogP contribution in [0.1, 0.15) is 10.6 Å². The van der Waals surface area contributed by atoms with Crippen LogP contribution in [0, 0.1) is 0 Å². The topological polar surface area (TPSA) is 81.0 Å². The molecular weight excluding hydrogens is 444 g/mol. The van der Waals surface area contributed by atoms with Crippen molar-refractivity contribution in [1.29, 1.82) is 0 Å². The van der Waals surface area contributed by atoms with Gasteiger partial charge in [0.05, 0.1) is 12.8 Å². The molecule has 0 spiro atoms.